The predicted octanol–water partition coefficient (Wildman–Crippen LogP) is 2.09. The second-order valence-electron chi connectivity index (χ2n) is 4.36. The van der Waals surface area contributed by atoms with Crippen molar-refractivity contribution >= 4 is 11.9 Å². The first kappa shape index (κ1) is 14.3. The van der Waals surface area contributed by atoms with E-state index in [2.05, 4.69) is 5.32 Å². The van der Waals surface area contributed by atoms with Gasteiger partial charge in [0, 0.05) is 5.56 Å². The van der Waals surface area contributed by atoms with Crippen LogP contribution in [-0.4, -0.2) is 17.0 Å². The molecule has 1 heterocycles. The van der Waals surface area contributed by atoms with E-state index in [1.165, 1.54) is 6.07 Å². The highest BCUT2D eigenvalue weighted by molar-refractivity contribution is 5.94. The molecule has 106 valence electrons. The summed E-state index contributed by atoms with van der Waals surface area (Å²) in [4.78, 5) is 22.8. The largest absolute Gasteiger partial charge is 0.478 e. The number of carbonyl (C=O) groups is 2. The molecule has 0 fully saturated rings. The molecule has 0 unspecified atom stereocenters. The molecule has 6 nitrogen and oxygen atoms in total. The monoisotopic (exact) mass is 284 g/mol. The number of nitriles is 1. The van der Waals surface area contributed by atoms with Crippen LogP contribution in [0.3, 0.4) is 0 Å². The molecule has 0 bridgehead atoms. The Morgan fingerprint density at radius 1 is 1.33 bits per heavy atom. The average Bonchev–Trinajstić information content (AvgIpc) is 2.86. The minimum atomic E-state index is -1.07. The molecule has 6 heteroatoms. The van der Waals surface area contributed by atoms with Crippen LogP contribution in [0, 0.1) is 18.3 Å². The summed E-state index contributed by atoms with van der Waals surface area (Å²) >= 11 is 0. The molecule has 1 aromatic heterocycles. The van der Waals surface area contributed by atoms with E-state index >= 15 is 0 Å². The van der Waals surface area contributed by atoms with E-state index in [0.29, 0.717) is 22.6 Å². The highest BCUT2D eigenvalue weighted by atomic mass is 16.4. The smallest absolute Gasteiger partial charge is 0.339 e. The zero-order valence-electron chi connectivity index (χ0n) is 11.2. The Balaban J connectivity index is 2.02. The van der Waals surface area contributed by atoms with E-state index < -0.39 is 5.97 Å². The Kier molecular flexibility index (Phi) is 4.05. The van der Waals surface area contributed by atoms with E-state index in [-0.39, 0.29) is 18.0 Å². The van der Waals surface area contributed by atoms with Crippen LogP contribution in [0.25, 0.3) is 0 Å². The topological polar surface area (TPSA) is 103 Å². The number of aromatic carboxylic acids is 1. The molecule has 2 rings (SSSR count). The summed E-state index contributed by atoms with van der Waals surface area (Å²) in [6, 6.07) is 9.55. The molecule has 2 N–H and O–H groups in total. The van der Waals surface area contributed by atoms with E-state index in [0.717, 1.165) is 0 Å². The molecule has 0 atom stereocenters. The van der Waals surface area contributed by atoms with Gasteiger partial charge in [-0.25, -0.2) is 4.79 Å². The van der Waals surface area contributed by atoms with Crippen molar-refractivity contribution in [2.24, 2.45) is 0 Å². The number of carbonyl (C=O) groups excluding carboxylic acids is 1. The van der Waals surface area contributed by atoms with Crippen LogP contribution in [-0.2, 0) is 6.54 Å². The molecule has 1 amide bonds. The first-order valence-electron chi connectivity index (χ1n) is 6.12. The van der Waals surface area contributed by atoms with Gasteiger partial charge in [-0.2, -0.15) is 5.26 Å². The summed E-state index contributed by atoms with van der Waals surface area (Å²) in [6.45, 7) is 1.64. The maximum atomic E-state index is 11.9. The van der Waals surface area contributed by atoms with E-state index in [9.17, 15) is 9.59 Å². The molecule has 0 aliphatic rings. The highest BCUT2D eigenvalue weighted by Gasteiger charge is 2.14. The lowest BCUT2D eigenvalue weighted by Crippen LogP contribution is -2.22. The Hall–Kier alpha value is -3.07. The number of carboxylic acids is 1. The third-order valence-corrected chi connectivity index (χ3v) is 2.90. The normalized spacial score (nSPS) is 9.90. The van der Waals surface area contributed by atoms with Crippen LogP contribution in [0.2, 0.25) is 0 Å². The number of carboxylic acid groups (broad SMARTS) is 1. The summed E-state index contributed by atoms with van der Waals surface area (Å²) in [5.74, 6) is -0.733. The second kappa shape index (κ2) is 5.92. The lowest BCUT2D eigenvalue weighted by Gasteiger charge is -2.03. The molecular weight excluding hydrogens is 272 g/mol. The number of nitrogens with zero attached hydrogens (tertiary/aromatic N) is 1. The van der Waals surface area contributed by atoms with E-state index in [4.69, 9.17) is 14.8 Å². The van der Waals surface area contributed by atoms with Gasteiger partial charge in [0.15, 0.2) is 0 Å². The molecular formula is C15H12N2O4. The first-order chi connectivity index (χ1) is 10.0. The Labute approximate surface area is 120 Å². The Morgan fingerprint density at radius 2 is 2.00 bits per heavy atom. The zero-order valence-corrected chi connectivity index (χ0v) is 11.2. The number of hydrogen-bond acceptors (Lipinski definition) is 4. The van der Waals surface area contributed by atoms with Gasteiger partial charge in [-0.15, -0.1) is 0 Å². The van der Waals surface area contributed by atoms with Crippen molar-refractivity contribution in [2.45, 2.75) is 13.5 Å². The average molecular weight is 284 g/mol. The maximum Gasteiger partial charge on any atom is 0.339 e. The van der Waals surface area contributed by atoms with Gasteiger partial charge in [0.1, 0.15) is 17.1 Å². The van der Waals surface area contributed by atoms with Gasteiger partial charge in [-0.3, -0.25) is 4.79 Å². The standard InChI is InChI=1S/C15H12N2O4/c1-9-13(15(19)20)6-12(21-9)8-17-14(18)11-4-2-10(7-16)3-5-11/h2-6H,8H2,1H3,(H,17,18)(H,19,20). The van der Waals surface area contributed by atoms with Crippen molar-refractivity contribution in [2.75, 3.05) is 0 Å². The summed E-state index contributed by atoms with van der Waals surface area (Å²) in [5.41, 5.74) is 0.965. The fourth-order valence-electron chi connectivity index (χ4n) is 1.81. The molecule has 0 aliphatic carbocycles. The van der Waals surface area contributed by atoms with Crippen molar-refractivity contribution < 1.29 is 19.1 Å². The van der Waals surface area contributed by atoms with Crippen LogP contribution < -0.4 is 5.32 Å². The number of benzene rings is 1. The van der Waals surface area contributed by atoms with Crippen LogP contribution in [0.15, 0.2) is 34.7 Å². The van der Waals surface area contributed by atoms with E-state index in [1.54, 1.807) is 31.2 Å². The number of amides is 1. The SMILES string of the molecule is Cc1oc(CNC(=O)c2ccc(C#N)cc2)cc1C(=O)O. The zero-order chi connectivity index (χ0) is 15.4. The van der Waals surface area contributed by atoms with Crippen LogP contribution in [0.1, 0.15) is 37.8 Å². The number of furan rings is 1. The fraction of sp³-hybridized carbons (Fsp3) is 0.133. The minimum absolute atomic E-state index is 0.0811. The second-order valence-corrected chi connectivity index (χ2v) is 4.36. The molecule has 0 aliphatic heterocycles. The van der Waals surface area contributed by atoms with Crippen molar-refractivity contribution in [1.29, 1.82) is 5.26 Å². The first-order valence-corrected chi connectivity index (χ1v) is 6.12. The molecule has 0 radical (unpaired) electrons. The van der Waals surface area contributed by atoms with Crippen molar-refractivity contribution in [3.8, 4) is 6.07 Å². The summed E-state index contributed by atoms with van der Waals surface area (Å²) in [7, 11) is 0. The van der Waals surface area contributed by atoms with Crippen LogP contribution >= 0.6 is 0 Å². The Morgan fingerprint density at radius 3 is 2.52 bits per heavy atom. The fourth-order valence-corrected chi connectivity index (χ4v) is 1.81. The lowest BCUT2D eigenvalue weighted by molar-refractivity contribution is 0.0694. The molecule has 0 saturated heterocycles. The summed E-state index contributed by atoms with van der Waals surface area (Å²) < 4.78 is 5.26. The minimum Gasteiger partial charge on any atom is -0.478 e. The molecule has 1 aromatic carbocycles. The van der Waals surface area contributed by atoms with Crippen molar-refractivity contribution in [3.05, 3.63) is 58.5 Å². The van der Waals surface area contributed by atoms with E-state index in [1.807, 2.05) is 6.07 Å². The van der Waals surface area contributed by atoms with Crippen LogP contribution in [0.4, 0.5) is 0 Å². The molecule has 0 saturated carbocycles. The predicted molar refractivity (Wildman–Crippen MR) is 72.7 cm³/mol. The highest BCUT2D eigenvalue weighted by Crippen LogP contribution is 2.14. The maximum absolute atomic E-state index is 11.9. The number of hydrogen-bond donors (Lipinski definition) is 2. The quantitative estimate of drug-likeness (QED) is 0.894. The van der Waals surface area contributed by atoms with Gasteiger partial charge in [0.25, 0.3) is 5.91 Å². The van der Waals surface area contributed by atoms with Gasteiger partial charge in [-0.1, -0.05) is 0 Å². The van der Waals surface area contributed by atoms with Crippen molar-refractivity contribution in [3.63, 3.8) is 0 Å². The molecule has 21 heavy (non-hydrogen) atoms. The number of nitrogens with one attached hydrogen (secondary N) is 1. The number of aryl methyl sites for hydroxylation is 1. The number of rotatable bonds is 4. The van der Waals surface area contributed by atoms with Crippen LogP contribution in [0.5, 0.6) is 0 Å². The summed E-state index contributed by atoms with van der Waals surface area (Å²) in [5, 5.41) is 20.2. The summed E-state index contributed by atoms with van der Waals surface area (Å²) in [6.07, 6.45) is 0. The van der Waals surface area contributed by atoms with Gasteiger partial charge in [0.2, 0.25) is 0 Å². The van der Waals surface area contributed by atoms with Crippen molar-refractivity contribution in [1.82, 2.24) is 5.32 Å². The van der Waals surface area contributed by atoms with Gasteiger partial charge >= 0.3 is 5.97 Å². The van der Waals surface area contributed by atoms with Gasteiger partial charge in [-0.05, 0) is 37.3 Å². The Bertz CT molecular complexity index is 723. The molecule has 0 spiro atoms. The molecule has 2 aromatic rings. The van der Waals surface area contributed by atoms with Gasteiger partial charge < -0.3 is 14.8 Å². The third-order valence-electron chi connectivity index (χ3n) is 2.90. The lowest BCUT2D eigenvalue weighted by atomic mass is 10.1. The third kappa shape index (κ3) is 3.28. The van der Waals surface area contributed by atoms with Gasteiger partial charge in [0.05, 0.1) is 18.2 Å².